The molecule has 1 heterocycles. The highest BCUT2D eigenvalue weighted by atomic mass is 32.1. The van der Waals surface area contributed by atoms with E-state index in [1.807, 2.05) is 0 Å². The lowest BCUT2D eigenvalue weighted by atomic mass is 10.1. The Morgan fingerprint density at radius 1 is 1.16 bits per heavy atom. The number of nitrogens with two attached hydrogens (primary N) is 1. The van der Waals surface area contributed by atoms with Crippen molar-refractivity contribution < 1.29 is 4.74 Å². The fourth-order valence-corrected chi connectivity index (χ4v) is 1.95. The predicted octanol–water partition coefficient (Wildman–Crippen LogP) is 2.16. The first-order chi connectivity index (χ1) is 9.22. The number of methoxy groups -OCH3 is 1. The zero-order valence-electron chi connectivity index (χ0n) is 10.8. The third kappa shape index (κ3) is 3.70. The van der Waals surface area contributed by atoms with Crippen LogP contribution in [0.1, 0.15) is 10.6 Å². The Balaban J connectivity index is 0.000000861. The number of rotatable bonds is 4. The first-order valence-electron chi connectivity index (χ1n) is 5.52. The minimum Gasteiger partial charge on any atom is -0.497 e. The van der Waals surface area contributed by atoms with Crippen LogP contribution in [-0.4, -0.2) is 30.6 Å². The maximum atomic E-state index is 7.94. The first kappa shape index (κ1) is 15.0. The Bertz CT molecular complexity index is 534. The van der Waals surface area contributed by atoms with Crippen molar-refractivity contribution in [1.29, 1.82) is 10.8 Å². The second kappa shape index (κ2) is 7.40. The minimum atomic E-state index is 0.144. The molecule has 0 radical (unpaired) electrons. The average Bonchev–Trinajstić information content (AvgIpc) is 3.02. The van der Waals surface area contributed by atoms with Gasteiger partial charge >= 0.3 is 0 Å². The van der Waals surface area contributed by atoms with Crippen LogP contribution in [0, 0.1) is 10.8 Å². The average molecular weight is 276 g/mol. The van der Waals surface area contributed by atoms with Gasteiger partial charge in [-0.25, -0.2) is 4.98 Å². The van der Waals surface area contributed by atoms with Crippen LogP contribution in [0.5, 0.6) is 5.75 Å². The number of hydrogen-bond donors (Lipinski definition) is 3. The Morgan fingerprint density at radius 3 is 2.26 bits per heavy atom. The molecule has 1 aromatic carbocycles. The van der Waals surface area contributed by atoms with Gasteiger partial charge in [0.2, 0.25) is 0 Å². The van der Waals surface area contributed by atoms with E-state index in [2.05, 4.69) is 10.7 Å². The van der Waals surface area contributed by atoms with Crippen LogP contribution in [0.25, 0.3) is 0 Å². The molecule has 1 aromatic heterocycles. The standard InChI is InChI=1S/C12H11N3OS.CH5N/c1-16-9-4-2-8(3-5-9)10(13)11(14)12-15-6-7-17-12;1-2/h2-7,13-14H,1H3;2H2,1H3. The molecule has 6 heteroatoms. The largest absolute Gasteiger partial charge is 0.497 e. The summed E-state index contributed by atoms with van der Waals surface area (Å²) in [5, 5.41) is 18.2. The molecule has 0 amide bonds. The van der Waals surface area contributed by atoms with Crippen LogP contribution in [0.15, 0.2) is 35.8 Å². The van der Waals surface area contributed by atoms with E-state index >= 15 is 0 Å². The summed E-state index contributed by atoms with van der Waals surface area (Å²) in [5.41, 5.74) is 5.50. The molecule has 0 saturated carbocycles. The zero-order valence-corrected chi connectivity index (χ0v) is 11.6. The molecule has 0 aliphatic rings. The number of aromatic nitrogens is 1. The molecular formula is C13H16N4OS. The summed E-state index contributed by atoms with van der Waals surface area (Å²) < 4.78 is 5.05. The van der Waals surface area contributed by atoms with Gasteiger partial charge < -0.3 is 10.5 Å². The van der Waals surface area contributed by atoms with Crippen molar-refractivity contribution in [2.75, 3.05) is 14.2 Å². The molecule has 0 atom stereocenters. The molecule has 5 nitrogen and oxygen atoms in total. The van der Waals surface area contributed by atoms with Gasteiger partial charge in [0, 0.05) is 17.1 Å². The van der Waals surface area contributed by atoms with Crippen molar-refractivity contribution >= 4 is 22.8 Å². The van der Waals surface area contributed by atoms with Gasteiger partial charge in [-0.2, -0.15) is 0 Å². The summed E-state index contributed by atoms with van der Waals surface area (Å²) in [6.45, 7) is 0. The lowest BCUT2D eigenvalue weighted by Crippen LogP contribution is -2.14. The molecule has 0 aliphatic heterocycles. The Kier molecular flexibility index (Phi) is 5.84. The van der Waals surface area contributed by atoms with E-state index in [9.17, 15) is 0 Å². The lowest BCUT2D eigenvalue weighted by Gasteiger charge is -2.05. The second-order valence-electron chi connectivity index (χ2n) is 3.32. The van der Waals surface area contributed by atoms with Gasteiger partial charge in [-0.05, 0) is 31.3 Å². The van der Waals surface area contributed by atoms with E-state index in [0.717, 1.165) is 5.75 Å². The first-order valence-corrected chi connectivity index (χ1v) is 6.40. The summed E-state index contributed by atoms with van der Waals surface area (Å²) in [5.74, 6) is 0.738. The van der Waals surface area contributed by atoms with Crippen LogP contribution in [0.2, 0.25) is 0 Å². The highest BCUT2D eigenvalue weighted by molar-refractivity contribution is 7.12. The van der Waals surface area contributed by atoms with E-state index in [1.54, 1.807) is 43.0 Å². The Morgan fingerprint density at radius 2 is 1.79 bits per heavy atom. The molecule has 2 aromatic rings. The van der Waals surface area contributed by atoms with E-state index in [-0.39, 0.29) is 11.4 Å². The van der Waals surface area contributed by atoms with Crippen LogP contribution in [0.4, 0.5) is 0 Å². The number of benzene rings is 1. The van der Waals surface area contributed by atoms with Gasteiger partial charge in [0.15, 0.2) is 0 Å². The molecular weight excluding hydrogens is 260 g/mol. The van der Waals surface area contributed by atoms with Crippen molar-refractivity contribution in [2.24, 2.45) is 5.73 Å². The molecule has 0 aliphatic carbocycles. The van der Waals surface area contributed by atoms with Crippen molar-refractivity contribution in [3.8, 4) is 5.75 Å². The van der Waals surface area contributed by atoms with Gasteiger partial charge in [0.25, 0.3) is 0 Å². The van der Waals surface area contributed by atoms with Crippen LogP contribution in [-0.2, 0) is 0 Å². The quantitative estimate of drug-likeness (QED) is 0.747. The molecule has 0 saturated heterocycles. The summed E-state index contributed by atoms with van der Waals surface area (Å²) in [4.78, 5) is 4.02. The van der Waals surface area contributed by atoms with Crippen LogP contribution >= 0.6 is 11.3 Å². The van der Waals surface area contributed by atoms with Crippen molar-refractivity contribution in [1.82, 2.24) is 4.98 Å². The molecule has 0 bridgehead atoms. The summed E-state index contributed by atoms with van der Waals surface area (Å²) in [7, 11) is 3.10. The lowest BCUT2D eigenvalue weighted by molar-refractivity contribution is 0.415. The minimum absolute atomic E-state index is 0.144. The molecule has 4 N–H and O–H groups in total. The SMILES string of the molecule is CN.COc1ccc(C(=N)C(=N)c2nccs2)cc1. The fourth-order valence-electron chi connectivity index (χ4n) is 1.36. The number of hydrogen-bond acceptors (Lipinski definition) is 6. The summed E-state index contributed by atoms with van der Waals surface area (Å²) >= 11 is 1.36. The normalized spacial score (nSPS) is 9.21. The smallest absolute Gasteiger partial charge is 0.143 e. The van der Waals surface area contributed by atoms with Crippen LogP contribution in [0.3, 0.4) is 0 Å². The topological polar surface area (TPSA) is 95.8 Å². The van der Waals surface area contributed by atoms with Crippen molar-refractivity contribution in [3.05, 3.63) is 46.4 Å². The predicted molar refractivity (Wildman–Crippen MR) is 78.9 cm³/mol. The summed E-state index contributed by atoms with van der Waals surface area (Å²) in [6.07, 6.45) is 1.63. The monoisotopic (exact) mass is 276 g/mol. The van der Waals surface area contributed by atoms with Crippen molar-refractivity contribution in [3.63, 3.8) is 0 Å². The van der Waals surface area contributed by atoms with Crippen LogP contribution < -0.4 is 10.5 Å². The van der Waals surface area contributed by atoms with Crippen molar-refractivity contribution in [2.45, 2.75) is 0 Å². The summed E-state index contributed by atoms with van der Waals surface area (Å²) in [6, 6.07) is 7.09. The third-order valence-corrected chi connectivity index (χ3v) is 3.07. The Labute approximate surface area is 116 Å². The van der Waals surface area contributed by atoms with Gasteiger partial charge in [0.05, 0.1) is 12.8 Å². The molecule has 0 fully saturated rings. The zero-order chi connectivity index (χ0) is 14.3. The highest BCUT2D eigenvalue weighted by Crippen LogP contribution is 2.14. The maximum absolute atomic E-state index is 7.94. The maximum Gasteiger partial charge on any atom is 0.143 e. The Hall–Kier alpha value is -2.05. The second-order valence-corrected chi connectivity index (χ2v) is 4.21. The van der Waals surface area contributed by atoms with Gasteiger partial charge in [0.1, 0.15) is 16.5 Å². The van der Waals surface area contributed by atoms with Gasteiger partial charge in [-0.15, -0.1) is 11.3 Å². The number of nitrogens with zero attached hydrogens (tertiary/aromatic N) is 1. The molecule has 2 rings (SSSR count). The van der Waals surface area contributed by atoms with Gasteiger partial charge in [-0.1, -0.05) is 0 Å². The van der Waals surface area contributed by atoms with E-state index in [0.29, 0.717) is 10.6 Å². The van der Waals surface area contributed by atoms with E-state index in [4.69, 9.17) is 15.6 Å². The number of nitrogens with one attached hydrogen (secondary N) is 2. The third-order valence-electron chi connectivity index (χ3n) is 2.27. The molecule has 0 unspecified atom stereocenters. The van der Waals surface area contributed by atoms with E-state index in [1.165, 1.54) is 18.4 Å². The van der Waals surface area contributed by atoms with Gasteiger partial charge in [-0.3, -0.25) is 10.8 Å². The molecule has 100 valence electrons. The molecule has 19 heavy (non-hydrogen) atoms. The van der Waals surface area contributed by atoms with E-state index < -0.39 is 0 Å². The number of ether oxygens (including phenoxy) is 1. The number of thiazole rings is 1. The molecule has 0 spiro atoms. The fraction of sp³-hybridized carbons (Fsp3) is 0.154. The highest BCUT2D eigenvalue weighted by Gasteiger charge is 2.12.